The van der Waals surface area contributed by atoms with Gasteiger partial charge in [0, 0.05) is 26.4 Å². The van der Waals surface area contributed by atoms with Gasteiger partial charge in [-0.3, -0.25) is 4.79 Å². The van der Waals surface area contributed by atoms with E-state index in [4.69, 9.17) is 4.74 Å². The molecule has 1 N–H and O–H groups in total. The number of amides is 1. The zero-order valence-corrected chi connectivity index (χ0v) is 14.1. The molecule has 0 spiro atoms. The number of hydrogen-bond donors (Lipinski definition) is 1. The molecule has 132 valence electrons. The van der Waals surface area contributed by atoms with Crippen molar-refractivity contribution >= 4 is 11.7 Å². The first-order valence-corrected chi connectivity index (χ1v) is 8.23. The molecule has 7 heteroatoms. The molecule has 1 aliphatic heterocycles. The van der Waals surface area contributed by atoms with Crippen molar-refractivity contribution < 1.29 is 13.9 Å². The molecule has 0 saturated carbocycles. The molecule has 1 aromatic heterocycles. The van der Waals surface area contributed by atoms with Crippen molar-refractivity contribution in [1.82, 2.24) is 15.3 Å². The van der Waals surface area contributed by atoms with Crippen LogP contribution in [-0.2, 0) is 16.0 Å². The number of anilines is 1. The molecule has 2 heterocycles. The molecule has 1 aromatic carbocycles. The van der Waals surface area contributed by atoms with Crippen molar-refractivity contribution in [1.29, 1.82) is 0 Å². The van der Waals surface area contributed by atoms with Gasteiger partial charge in [0.1, 0.15) is 18.0 Å². The highest BCUT2D eigenvalue weighted by molar-refractivity contribution is 5.78. The van der Waals surface area contributed by atoms with Crippen LogP contribution in [0.4, 0.5) is 10.2 Å². The first kappa shape index (κ1) is 17.3. The topological polar surface area (TPSA) is 67.3 Å². The third kappa shape index (κ3) is 4.30. The molecule has 6 nitrogen and oxygen atoms in total. The van der Waals surface area contributed by atoms with Gasteiger partial charge in [-0.15, -0.1) is 0 Å². The van der Waals surface area contributed by atoms with Crippen LogP contribution in [0.2, 0.25) is 0 Å². The third-order valence-corrected chi connectivity index (χ3v) is 4.41. The van der Waals surface area contributed by atoms with Crippen LogP contribution in [0.5, 0.6) is 0 Å². The summed E-state index contributed by atoms with van der Waals surface area (Å²) in [5, 5.41) is 2.90. The fraction of sp³-hybridized carbons (Fsp3) is 0.389. The van der Waals surface area contributed by atoms with Crippen molar-refractivity contribution in [2.24, 2.45) is 0 Å². The van der Waals surface area contributed by atoms with Crippen molar-refractivity contribution in [3.8, 4) is 0 Å². The summed E-state index contributed by atoms with van der Waals surface area (Å²) < 4.78 is 19.1. The number of rotatable bonds is 6. The Morgan fingerprint density at radius 1 is 1.40 bits per heavy atom. The number of aromatic nitrogens is 2. The number of carbonyl (C=O) groups excluding carboxylic acids is 1. The quantitative estimate of drug-likeness (QED) is 0.862. The third-order valence-electron chi connectivity index (χ3n) is 4.41. The van der Waals surface area contributed by atoms with Gasteiger partial charge in [-0.05, 0) is 24.1 Å². The largest absolute Gasteiger partial charge is 0.380 e. The van der Waals surface area contributed by atoms with E-state index in [2.05, 4.69) is 20.2 Å². The number of nitrogens with zero attached hydrogens (tertiary/aromatic N) is 3. The van der Waals surface area contributed by atoms with Crippen LogP contribution >= 0.6 is 0 Å². The predicted octanol–water partition coefficient (Wildman–Crippen LogP) is 1.57. The number of methoxy groups -OCH3 is 1. The van der Waals surface area contributed by atoms with Gasteiger partial charge in [-0.2, -0.15) is 0 Å². The minimum atomic E-state index is -0.361. The van der Waals surface area contributed by atoms with Crippen molar-refractivity contribution in [3.05, 3.63) is 54.2 Å². The van der Waals surface area contributed by atoms with E-state index in [0.29, 0.717) is 18.7 Å². The molecule has 1 aliphatic rings. The van der Waals surface area contributed by atoms with Crippen molar-refractivity contribution in [3.63, 3.8) is 0 Å². The average Bonchev–Trinajstić information content (AvgIpc) is 3.06. The summed E-state index contributed by atoms with van der Waals surface area (Å²) in [6.45, 7) is 1.17. The van der Waals surface area contributed by atoms with Gasteiger partial charge in [0.05, 0.1) is 18.6 Å². The summed E-state index contributed by atoms with van der Waals surface area (Å²) in [6, 6.07) is 8.23. The number of halogens is 1. The van der Waals surface area contributed by atoms with Crippen LogP contribution in [0.3, 0.4) is 0 Å². The fourth-order valence-corrected chi connectivity index (χ4v) is 3.08. The van der Waals surface area contributed by atoms with Gasteiger partial charge in [-0.25, -0.2) is 14.4 Å². The first-order valence-electron chi connectivity index (χ1n) is 8.23. The lowest BCUT2D eigenvalue weighted by molar-refractivity contribution is -0.120. The molecule has 0 bridgehead atoms. The molecular weight excluding hydrogens is 323 g/mol. The van der Waals surface area contributed by atoms with E-state index in [1.807, 2.05) is 6.07 Å². The van der Waals surface area contributed by atoms with E-state index in [1.165, 1.54) is 12.4 Å². The Hall–Kier alpha value is -2.54. The van der Waals surface area contributed by atoms with Crippen LogP contribution in [0, 0.1) is 5.82 Å². The van der Waals surface area contributed by atoms with Crippen LogP contribution in [-0.4, -0.2) is 48.2 Å². The van der Waals surface area contributed by atoms with Crippen LogP contribution in [0.1, 0.15) is 12.0 Å². The highest BCUT2D eigenvalue weighted by Gasteiger charge is 2.33. The van der Waals surface area contributed by atoms with Crippen LogP contribution < -0.4 is 10.2 Å². The first-order chi connectivity index (χ1) is 12.2. The van der Waals surface area contributed by atoms with E-state index in [9.17, 15) is 9.18 Å². The molecule has 2 atom stereocenters. The highest BCUT2D eigenvalue weighted by atomic mass is 19.1. The Bertz CT molecular complexity index is 713. The predicted molar refractivity (Wildman–Crippen MR) is 91.7 cm³/mol. The Morgan fingerprint density at radius 2 is 2.24 bits per heavy atom. The maximum atomic E-state index is 13.7. The highest BCUT2D eigenvalue weighted by Crippen LogP contribution is 2.24. The Labute approximate surface area is 146 Å². The van der Waals surface area contributed by atoms with E-state index in [1.54, 1.807) is 31.5 Å². The summed E-state index contributed by atoms with van der Waals surface area (Å²) in [7, 11) is 1.68. The Kier molecular flexibility index (Phi) is 5.55. The Morgan fingerprint density at radius 3 is 2.96 bits per heavy atom. The maximum Gasteiger partial charge on any atom is 0.224 e. The van der Waals surface area contributed by atoms with Gasteiger partial charge in [0.2, 0.25) is 5.91 Å². The average molecular weight is 344 g/mol. The number of carbonyl (C=O) groups is 1. The molecule has 0 unspecified atom stereocenters. The molecule has 25 heavy (non-hydrogen) atoms. The molecular formula is C18H21FN4O2. The van der Waals surface area contributed by atoms with Gasteiger partial charge >= 0.3 is 0 Å². The lowest BCUT2D eigenvalue weighted by Gasteiger charge is -2.25. The molecule has 0 radical (unpaired) electrons. The molecule has 1 saturated heterocycles. The van der Waals surface area contributed by atoms with E-state index < -0.39 is 0 Å². The van der Waals surface area contributed by atoms with E-state index >= 15 is 0 Å². The molecule has 1 fully saturated rings. The Balaban J connectivity index is 1.60. The number of nitrogens with one attached hydrogen (secondary N) is 1. The minimum absolute atomic E-state index is 0.0284. The molecule has 2 aromatic rings. The molecule has 1 amide bonds. The standard InChI is InChI=1S/C18H21FN4O2/c1-25-15-9-14(23(11-15)17-6-7-20-12-22-17)10-21-18(24)8-13-4-2-3-5-16(13)19/h2-7,12,14-15H,8-11H2,1H3,(H,21,24)/t14-,15-/m1/s1. The minimum Gasteiger partial charge on any atom is -0.380 e. The summed E-state index contributed by atoms with van der Waals surface area (Å²) >= 11 is 0. The normalized spacial score (nSPS) is 19.8. The SMILES string of the molecule is CO[C@@H]1C[C@H](CNC(=O)Cc2ccccc2F)N(c2ccncn2)C1. The lowest BCUT2D eigenvalue weighted by Crippen LogP contribution is -2.41. The van der Waals surface area contributed by atoms with Crippen LogP contribution in [0.25, 0.3) is 0 Å². The van der Waals surface area contributed by atoms with Gasteiger partial charge in [-0.1, -0.05) is 18.2 Å². The monoisotopic (exact) mass is 344 g/mol. The number of benzene rings is 1. The second kappa shape index (κ2) is 8.02. The van der Waals surface area contributed by atoms with E-state index in [-0.39, 0.29) is 30.3 Å². The summed E-state index contributed by atoms with van der Waals surface area (Å²) in [5.74, 6) is 0.247. The summed E-state index contributed by atoms with van der Waals surface area (Å²) in [4.78, 5) is 22.5. The van der Waals surface area contributed by atoms with Crippen molar-refractivity contribution in [2.45, 2.75) is 25.0 Å². The number of ether oxygens (including phenoxy) is 1. The van der Waals surface area contributed by atoms with Crippen LogP contribution in [0.15, 0.2) is 42.9 Å². The van der Waals surface area contributed by atoms with Gasteiger partial charge in [0.25, 0.3) is 0 Å². The summed E-state index contributed by atoms with van der Waals surface area (Å²) in [5.41, 5.74) is 0.397. The summed E-state index contributed by atoms with van der Waals surface area (Å²) in [6.07, 6.45) is 4.10. The van der Waals surface area contributed by atoms with Gasteiger partial charge < -0.3 is 15.0 Å². The van der Waals surface area contributed by atoms with Crippen molar-refractivity contribution in [2.75, 3.05) is 25.1 Å². The lowest BCUT2D eigenvalue weighted by atomic mass is 10.1. The number of hydrogen-bond acceptors (Lipinski definition) is 5. The zero-order valence-electron chi connectivity index (χ0n) is 14.1. The second-order valence-corrected chi connectivity index (χ2v) is 6.04. The van der Waals surface area contributed by atoms with E-state index in [0.717, 1.165) is 12.2 Å². The maximum absolute atomic E-state index is 13.7. The van der Waals surface area contributed by atoms with Gasteiger partial charge in [0.15, 0.2) is 0 Å². The fourth-order valence-electron chi connectivity index (χ4n) is 3.08. The molecule has 3 rings (SSSR count). The smallest absolute Gasteiger partial charge is 0.224 e. The zero-order chi connectivity index (χ0) is 17.6. The molecule has 0 aliphatic carbocycles. The second-order valence-electron chi connectivity index (χ2n) is 6.04.